The van der Waals surface area contributed by atoms with Crippen molar-refractivity contribution in [2.75, 3.05) is 6.54 Å². The number of halogens is 4. The van der Waals surface area contributed by atoms with Crippen molar-refractivity contribution in [3.8, 4) is 0 Å². The molecule has 0 spiro atoms. The number of carbonyl (C=O) groups excluding carboxylic acids is 2. The van der Waals surface area contributed by atoms with Gasteiger partial charge in [-0.15, -0.1) is 0 Å². The van der Waals surface area contributed by atoms with Crippen LogP contribution in [-0.2, 0) is 9.53 Å². The van der Waals surface area contributed by atoms with Crippen LogP contribution < -0.4 is 11.1 Å². The molecule has 9 heteroatoms. The number of amides is 1. The maximum Gasteiger partial charge on any atom is 0.491 e. The number of rotatable bonds is 3. The molecular weight excluding hydrogens is 301 g/mol. The lowest BCUT2D eigenvalue weighted by atomic mass is 10.1. The molecule has 1 aromatic carbocycles. The van der Waals surface area contributed by atoms with Gasteiger partial charge in [-0.2, -0.15) is 13.2 Å². The molecule has 0 bridgehead atoms. The van der Waals surface area contributed by atoms with Crippen molar-refractivity contribution in [3.63, 3.8) is 0 Å². The highest BCUT2D eigenvalue weighted by Crippen LogP contribution is 2.17. The standard InChI is InChI=1S/C11H10ClF3N2O3/c12-7-3-1-6(2-4-7)8(16)5-17-10(19)20-9(18)11(13,14)15/h1-4,8H,5,16H2,(H,17,19). The molecule has 20 heavy (non-hydrogen) atoms. The zero-order chi connectivity index (χ0) is 15.3. The summed E-state index contributed by atoms with van der Waals surface area (Å²) >= 11 is 5.67. The van der Waals surface area contributed by atoms with Gasteiger partial charge in [0.2, 0.25) is 0 Å². The number of alkyl carbamates (subject to hydrolysis) is 1. The van der Waals surface area contributed by atoms with Crippen molar-refractivity contribution < 1.29 is 27.5 Å². The normalized spacial score (nSPS) is 12.7. The van der Waals surface area contributed by atoms with Crippen LogP contribution in [0.25, 0.3) is 0 Å². The molecule has 0 aromatic heterocycles. The molecule has 3 N–H and O–H groups in total. The van der Waals surface area contributed by atoms with Crippen molar-refractivity contribution >= 4 is 23.7 Å². The second-order valence-electron chi connectivity index (χ2n) is 3.71. The van der Waals surface area contributed by atoms with Gasteiger partial charge in [0.25, 0.3) is 0 Å². The number of carbonyl (C=O) groups is 2. The number of benzene rings is 1. The number of nitrogens with two attached hydrogens (primary N) is 1. The zero-order valence-corrected chi connectivity index (χ0v) is 10.7. The van der Waals surface area contributed by atoms with Gasteiger partial charge in [0.1, 0.15) is 0 Å². The summed E-state index contributed by atoms with van der Waals surface area (Å²) < 4.78 is 39.0. The van der Waals surface area contributed by atoms with Gasteiger partial charge in [-0.1, -0.05) is 23.7 Å². The molecule has 0 aliphatic heterocycles. The number of nitrogens with one attached hydrogen (secondary N) is 1. The van der Waals surface area contributed by atoms with E-state index in [0.717, 1.165) is 0 Å². The number of alkyl halides is 3. The first-order valence-corrected chi connectivity index (χ1v) is 5.66. The summed E-state index contributed by atoms with van der Waals surface area (Å²) in [7, 11) is 0. The highest BCUT2D eigenvalue weighted by Gasteiger charge is 2.42. The summed E-state index contributed by atoms with van der Waals surface area (Å²) in [6.45, 7) is -0.203. The van der Waals surface area contributed by atoms with Gasteiger partial charge in [0.05, 0.1) is 0 Å². The molecule has 0 saturated heterocycles. The maximum atomic E-state index is 11.8. The van der Waals surface area contributed by atoms with Gasteiger partial charge in [-0.05, 0) is 17.7 Å². The minimum absolute atomic E-state index is 0.203. The molecule has 0 fully saturated rings. The summed E-state index contributed by atoms with van der Waals surface area (Å²) in [6, 6.07) is 5.66. The fourth-order valence-electron chi connectivity index (χ4n) is 1.20. The summed E-state index contributed by atoms with van der Waals surface area (Å²) in [4.78, 5) is 21.3. The fraction of sp³-hybridized carbons (Fsp3) is 0.273. The van der Waals surface area contributed by atoms with Crippen LogP contribution in [0.4, 0.5) is 18.0 Å². The Bertz CT molecular complexity index is 491. The molecule has 1 atom stereocenters. The predicted octanol–water partition coefficient (Wildman–Crippen LogP) is 2.15. The van der Waals surface area contributed by atoms with Crippen LogP contribution in [0, 0.1) is 0 Å². The first-order chi connectivity index (χ1) is 9.20. The molecule has 0 aliphatic carbocycles. The summed E-state index contributed by atoms with van der Waals surface area (Å²) in [6.07, 6.45) is -6.74. The van der Waals surface area contributed by atoms with E-state index in [4.69, 9.17) is 17.3 Å². The number of hydrogen-bond donors (Lipinski definition) is 2. The molecule has 110 valence electrons. The number of hydrogen-bond acceptors (Lipinski definition) is 4. The van der Waals surface area contributed by atoms with Crippen LogP contribution in [0.3, 0.4) is 0 Å². The third-order valence-electron chi connectivity index (χ3n) is 2.18. The Balaban J connectivity index is 2.45. The van der Waals surface area contributed by atoms with E-state index in [1.165, 1.54) is 0 Å². The lowest BCUT2D eigenvalue weighted by Gasteiger charge is -2.13. The SMILES string of the molecule is NC(CNC(=O)OC(=O)C(F)(F)F)c1ccc(Cl)cc1. The Kier molecular flexibility index (Phi) is 5.34. The van der Waals surface area contributed by atoms with Gasteiger partial charge in [0, 0.05) is 17.6 Å². The van der Waals surface area contributed by atoms with E-state index in [9.17, 15) is 22.8 Å². The Labute approximate surface area is 116 Å². The Morgan fingerprint density at radius 1 is 1.30 bits per heavy atom. The summed E-state index contributed by atoms with van der Waals surface area (Å²) in [5.41, 5.74) is 6.30. The van der Waals surface area contributed by atoms with Crippen molar-refractivity contribution in [2.24, 2.45) is 5.73 Å². The summed E-state index contributed by atoms with van der Waals surface area (Å²) in [5, 5.41) is 2.45. The van der Waals surface area contributed by atoms with Crippen LogP contribution in [0.15, 0.2) is 24.3 Å². The number of esters is 1. The lowest BCUT2D eigenvalue weighted by molar-refractivity contribution is -0.192. The fourth-order valence-corrected chi connectivity index (χ4v) is 1.33. The summed E-state index contributed by atoms with van der Waals surface area (Å²) in [5.74, 6) is -2.59. The van der Waals surface area contributed by atoms with Crippen LogP contribution in [0.2, 0.25) is 5.02 Å². The molecule has 5 nitrogen and oxygen atoms in total. The average Bonchev–Trinajstić information content (AvgIpc) is 2.35. The first kappa shape index (κ1) is 16.3. The van der Waals surface area contributed by atoms with Gasteiger partial charge in [-0.25, -0.2) is 9.59 Å². The van der Waals surface area contributed by atoms with Crippen LogP contribution in [0.5, 0.6) is 0 Å². The van der Waals surface area contributed by atoms with Crippen LogP contribution in [0.1, 0.15) is 11.6 Å². The third-order valence-corrected chi connectivity index (χ3v) is 2.43. The molecule has 0 heterocycles. The monoisotopic (exact) mass is 310 g/mol. The van der Waals surface area contributed by atoms with Gasteiger partial charge >= 0.3 is 18.2 Å². The highest BCUT2D eigenvalue weighted by atomic mass is 35.5. The van der Waals surface area contributed by atoms with Gasteiger partial charge in [0.15, 0.2) is 0 Å². The molecule has 1 aromatic rings. The van der Waals surface area contributed by atoms with E-state index in [1.807, 2.05) is 5.32 Å². The Morgan fingerprint density at radius 3 is 2.35 bits per heavy atom. The van der Waals surface area contributed by atoms with Crippen molar-refractivity contribution in [1.29, 1.82) is 0 Å². The molecule has 1 rings (SSSR count). The first-order valence-electron chi connectivity index (χ1n) is 5.28. The average molecular weight is 311 g/mol. The van der Waals surface area contributed by atoms with E-state index < -0.39 is 24.3 Å². The van der Waals surface area contributed by atoms with Crippen LogP contribution in [-0.4, -0.2) is 24.8 Å². The topological polar surface area (TPSA) is 81.4 Å². The Morgan fingerprint density at radius 2 is 1.85 bits per heavy atom. The largest absolute Gasteiger partial charge is 0.491 e. The molecule has 0 aliphatic rings. The van der Waals surface area contributed by atoms with E-state index in [1.54, 1.807) is 24.3 Å². The molecule has 0 saturated carbocycles. The van der Waals surface area contributed by atoms with E-state index >= 15 is 0 Å². The highest BCUT2D eigenvalue weighted by molar-refractivity contribution is 6.30. The van der Waals surface area contributed by atoms with Crippen molar-refractivity contribution in [3.05, 3.63) is 34.9 Å². The maximum absolute atomic E-state index is 11.8. The zero-order valence-electron chi connectivity index (χ0n) is 9.91. The second-order valence-corrected chi connectivity index (χ2v) is 4.15. The van der Waals surface area contributed by atoms with E-state index in [2.05, 4.69) is 4.74 Å². The van der Waals surface area contributed by atoms with E-state index in [0.29, 0.717) is 10.6 Å². The van der Waals surface area contributed by atoms with E-state index in [-0.39, 0.29) is 6.54 Å². The number of ether oxygens (including phenoxy) is 1. The smallest absolute Gasteiger partial charge is 0.369 e. The van der Waals surface area contributed by atoms with Crippen LogP contribution >= 0.6 is 11.6 Å². The molecule has 0 radical (unpaired) electrons. The molecular formula is C11H10ClF3N2O3. The lowest BCUT2D eigenvalue weighted by Crippen LogP contribution is -2.36. The minimum atomic E-state index is -5.23. The predicted molar refractivity (Wildman–Crippen MR) is 63.9 cm³/mol. The third kappa shape index (κ3) is 5.06. The minimum Gasteiger partial charge on any atom is -0.369 e. The van der Waals surface area contributed by atoms with Crippen molar-refractivity contribution in [1.82, 2.24) is 5.32 Å². The quantitative estimate of drug-likeness (QED) is 0.662. The molecule has 1 amide bonds. The Hall–Kier alpha value is -1.80. The molecule has 1 unspecified atom stereocenters. The van der Waals surface area contributed by atoms with Crippen molar-refractivity contribution in [2.45, 2.75) is 12.2 Å². The second kappa shape index (κ2) is 6.58. The van der Waals surface area contributed by atoms with Gasteiger partial charge < -0.3 is 15.8 Å². The van der Waals surface area contributed by atoms with Gasteiger partial charge in [-0.3, -0.25) is 0 Å².